The maximum atomic E-state index is 11.3. The average molecular weight is 206 g/mol. The summed E-state index contributed by atoms with van der Waals surface area (Å²) in [6, 6.07) is 0. The minimum Gasteiger partial charge on any atom is -0.372 e. The number of rotatable bonds is 2. The van der Waals surface area contributed by atoms with E-state index in [4.69, 9.17) is 16.3 Å². The summed E-state index contributed by atoms with van der Waals surface area (Å²) in [5, 5.41) is 0. The van der Waals surface area contributed by atoms with E-state index in [0.717, 1.165) is 6.42 Å². The average Bonchev–Trinajstić information content (AvgIpc) is 2.15. The van der Waals surface area contributed by atoms with Crippen LogP contribution in [0.1, 0.15) is 20.3 Å². The molecule has 1 heterocycles. The van der Waals surface area contributed by atoms with Crippen molar-refractivity contribution in [3.63, 3.8) is 0 Å². The molecule has 0 radical (unpaired) electrons. The summed E-state index contributed by atoms with van der Waals surface area (Å²) in [5.41, 5.74) is 0. The number of nitrogens with zero attached hydrogens (tertiary/aromatic N) is 1. The van der Waals surface area contributed by atoms with E-state index in [1.54, 1.807) is 4.90 Å². The molecular formula is C9H16ClNO2. The van der Waals surface area contributed by atoms with Crippen LogP contribution in [0.15, 0.2) is 0 Å². The van der Waals surface area contributed by atoms with Crippen LogP contribution in [0.5, 0.6) is 0 Å². The Kier molecular flexibility index (Phi) is 4.00. The molecule has 0 aromatic heterocycles. The Labute approximate surface area is 84.0 Å². The lowest BCUT2D eigenvalue weighted by atomic mass is 10.2. The van der Waals surface area contributed by atoms with Crippen LogP contribution in [-0.2, 0) is 9.53 Å². The summed E-state index contributed by atoms with van der Waals surface area (Å²) in [7, 11) is 0. The first-order valence-corrected chi connectivity index (χ1v) is 5.20. The fraction of sp³-hybridized carbons (Fsp3) is 0.889. The van der Waals surface area contributed by atoms with Crippen molar-refractivity contribution < 1.29 is 9.53 Å². The summed E-state index contributed by atoms with van der Waals surface area (Å²) in [5.74, 6) is 0.0821. The zero-order valence-corrected chi connectivity index (χ0v) is 8.88. The Morgan fingerprint density at radius 3 is 2.85 bits per heavy atom. The maximum absolute atomic E-state index is 11.3. The summed E-state index contributed by atoms with van der Waals surface area (Å²) in [6.07, 6.45) is 1.25. The molecule has 3 nitrogen and oxygen atoms in total. The summed E-state index contributed by atoms with van der Waals surface area (Å²) < 4.78 is 5.62. The van der Waals surface area contributed by atoms with Crippen LogP contribution in [0.4, 0.5) is 0 Å². The van der Waals surface area contributed by atoms with Gasteiger partial charge in [-0.2, -0.15) is 0 Å². The third-order valence-corrected chi connectivity index (χ3v) is 2.48. The smallest absolute Gasteiger partial charge is 0.237 e. The van der Waals surface area contributed by atoms with E-state index in [1.165, 1.54) is 0 Å². The topological polar surface area (TPSA) is 29.5 Å². The van der Waals surface area contributed by atoms with Crippen LogP contribution in [0.2, 0.25) is 0 Å². The van der Waals surface area contributed by atoms with Gasteiger partial charge < -0.3 is 9.64 Å². The number of alkyl halides is 1. The number of ether oxygens (including phenoxy) is 1. The first-order valence-electron chi connectivity index (χ1n) is 4.66. The quantitative estimate of drug-likeness (QED) is 0.636. The van der Waals surface area contributed by atoms with Gasteiger partial charge in [0.1, 0.15) is 5.88 Å². The van der Waals surface area contributed by atoms with E-state index in [1.807, 2.05) is 6.92 Å². The second-order valence-corrected chi connectivity index (χ2v) is 3.68. The lowest BCUT2D eigenvalue weighted by Crippen LogP contribution is -2.49. The van der Waals surface area contributed by atoms with Gasteiger partial charge in [0.25, 0.3) is 0 Å². The van der Waals surface area contributed by atoms with Crippen LogP contribution in [-0.4, -0.2) is 42.0 Å². The Hall–Kier alpha value is -0.280. The largest absolute Gasteiger partial charge is 0.372 e. The van der Waals surface area contributed by atoms with Crippen LogP contribution in [0, 0.1) is 0 Å². The predicted molar refractivity (Wildman–Crippen MR) is 51.9 cm³/mol. The van der Waals surface area contributed by atoms with E-state index >= 15 is 0 Å². The molecule has 0 bridgehead atoms. The van der Waals surface area contributed by atoms with Gasteiger partial charge >= 0.3 is 0 Å². The molecule has 1 fully saturated rings. The van der Waals surface area contributed by atoms with Gasteiger partial charge in [-0.05, 0) is 13.3 Å². The predicted octanol–water partition coefficient (Wildman–Crippen LogP) is 1.25. The molecule has 1 aliphatic heterocycles. The summed E-state index contributed by atoms with van der Waals surface area (Å²) in [6.45, 7) is 5.40. The van der Waals surface area contributed by atoms with Crippen molar-refractivity contribution in [3.05, 3.63) is 0 Å². The van der Waals surface area contributed by atoms with Gasteiger partial charge in [0.15, 0.2) is 0 Å². The van der Waals surface area contributed by atoms with E-state index in [0.29, 0.717) is 13.1 Å². The number of hydrogen-bond acceptors (Lipinski definition) is 2. The number of carbonyl (C=O) groups is 1. The molecule has 4 heteroatoms. The number of halogens is 1. The number of hydrogen-bond donors (Lipinski definition) is 0. The standard InChI is InChI=1S/C9H16ClNO2/c1-3-8-6-11(9(12)4-10)5-7(2)13-8/h7-8H,3-6H2,1-2H3. The Balaban J connectivity index is 2.51. The Bertz CT molecular complexity index is 186. The van der Waals surface area contributed by atoms with Crippen molar-refractivity contribution in [2.45, 2.75) is 32.5 Å². The molecular weight excluding hydrogens is 190 g/mol. The van der Waals surface area contributed by atoms with Crippen LogP contribution in [0.25, 0.3) is 0 Å². The lowest BCUT2D eigenvalue weighted by molar-refractivity contribution is -0.141. The van der Waals surface area contributed by atoms with Gasteiger partial charge in [0.05, 0.1) is 12.2 Å². The van der Waals surface area contributed by atoms with Crippen LogP contribution >= 0.6 is 11.6 Å². The van der Waals surface area contributed by atoms with Crippen LogP contribution < -0.4 is 0 Å². The number of amides is 1. The molecule has 1 saturated heterocycles. The van der Waals surface area contributed by atoms with Crippen molar-refractivity contribution in [2.24, 2.45) is 0 Å². The maximum Gasteiger partial charge on any atom is 0.237 e. The lowest BCUT2D eigenvalue weighted by Gasteiger charge is -2.36. The molecule has 2 atom stereocenters. The van der Waals surface area contributed by atoms with Crippen molar-refractivity contribution in [2.75, 3.05) is 19.0 Å². The van der Waals surface area contributed by atoms with Gasteiger partial charge in [-0.3, -0.25) is 4.79 Å². The van der Waals surface area contributed by atoms with Gasteiger partial charge in [0.2, 0.25) is 5.91 Å². The minimum absolute atomic E-state index is 0.00951. The molecule has 0 aromatic rings. The highest BCUT2D eigenvalue weighted by atomic mass is 35.5. The molecule has 0 aromatic carbocycles. The van der Waals surface area contributed by atoms with Crippen molar-refractivity contribution in [1.82, 2.24) is 4.90 Å². The highest BCUT2D eigenvalue weighted by Crippen LogP contribution is 2.13. The second-order valence-electron chi connectivity index (χ2n) is 3.41. The zero-order chi connectivity index (χ0) is 9.84. The van der Waals surface area contributed by atoms with Gasteiger partial charge in [-0.25, -0.2) is 0 Å². The van der Waals surface area contributed by atoms with Crippen molar-refractivity contribution in [3.8, 4) is 0 Å². The molecule has 1 amide bonds. The van der Waals surface area contributed by atoms with E-state index < -0.39 is 0 Å². The third kappa shape index (κ3) is 2.85. The molecule has 0 spiro atoms. The van der Waals surface area contributed by atoms with E-state index in [-0.39, 0.29) is 24.0 Å². The highest BCUT2D eigenvalue weighted by molar-refractivity contribution is 6.27. The molecule has 1 rings (SSSR count). The normalized spacial score (nSPS) is 29.0. The van der Waals surface area contributed by atoms with Crippen molar-refractivity contribution >= 4 is 17.5 Å². The summed E-state index contributed by atoms with van der Waals surface area (Å²) >= 11 is 5.49. The van der Waals surface area contributed by atoms with Gasteiger partial charge in [-0.1, -0.05) is 6.92 Å². The number of morpholine rings is 1. The molecule has 2 unspecified atom stereocenters. The second kappa shape index (κ2) is 4.82. The number of carbonyl (C=O) groups excluding carboxylic acids is 1. The van der Waals surface area contributed by atoms with E-state index in [2.05, 4.69) is 6.92 Å². The molecule has 76 valence electrons. The molecule has 13 heavy (non-hydrogen) atoms. The Morgan fingerprint density at radius 1 is 1.62 bits per heavy atom. The third-order valence-electron chi connectivity index (χ3n) is 2.25. The first kappa shape index (κ1) is 10.8. The molecule has 0 saturated carbocycles. The molecule has 0 aliphatic carbocycles. The fourth-order valence-electron chi connectivity index (χ4n) is 1.56. The first-order chi connectivity index (χ1) is 6.17. The minimum atomic E-state index is 0.00951. The monoisotopic (exact) mass is 205 g/mol. The highest BCUT2D eigenvalue weighted by Gasteiger charge is 2.26. The Morgan fingerprint density at radius 2 is 2.31 bits per heavy atom. The van der Waals surface area contributed by atoms with Gasteiger partial charge in [0, 0.05) is 13.1 Å². The zero-order valence-electron chi connectivity index (χ0n) is 8.12. The fourth-order valence-corrected chi connectivity index (χ4v) is 1.73. The van der Waals surface area contributed by atoms with Gasteiger partial charge in [-0.15, -0.1) is 11.6 Å². The van der Waals surface area contributed by atoms with E-state index in [9.17, 15) is 4.79 Å². The SMILES string of the molecule is CCC1CN(C(=O)CCl)CC(C)O1. The molecule has 0 N–H and O–H groups in total. The van der Waals surface area contributed by atoms with Crippen LogP contribution in [0.3, 0.4) is 0 Å². The molecule has 1 aliphatic rings. The summed E-state index contributed by atoms with van der Waals surface area (Å²) in [4.78, 5) is 13.1. The van der Waals surface area contributed by atoms with Crippen molar-refractivity contribution in [1.29, 1.82) is 0 Å².